The largest absolute Gasteiger partial charge is 0.423 e. The molecule has 2 heterocycles. The Bertz CT molecular complexity index is 698. The van der Waals surface area contributed by atoms with Gasteiger partial charge in [0.15, 0.2) is 5.58 Å². The molecule has 0 saturated carbocycles. The maximum absolute atomic E-state index is 8.81. The highest BCUT2D eigenvalue weighted by Crippen LogP contribution is 2.26. The van der Waals surface area contributed by atoms with Crippen molar-refractivity contribution in [2.45, 2.75) is 13.5 Å². The fourth-order valence-electron chi connectivity index (χ4n) is 1.57. The summed E-state index contributed by atoms with van der Waals surface area (Å²) in [4.78, 5) is 4.22. The van der Waals surface area contributed by atoms with Gasteiger partial charge in [0.05, 0.1) is 0 Å². The first kappa shape index (κ1) is 11.9. The molecule has 7 nitrogen and oxygen atoms in total. The Morgan fingerprint density at radius 2 is 2.11 bits per heavy atom. The van der Waals surface area contributed by atoms with Crippen molar-refractivity contribution in [1.82, 2.24) is 15.2 Å². The van der Waals surface area contributed by atoms with Gasteiger partial charge < -0.3 is 13.9 Å². The molecule has 98 valence electrons. The molecule has 2 N–H and O–H groups in total. The molecule has 0 amide bonds. The summed E-state index contributed by atoms with van der Waals surface area (Å²) in [6, 6.07) is 3.82. The highest BCUT2D eigenvalue weighted by Gasteiger charge is 2.11. The SMILES string of the molecule is Cc1cc2nc(Nc3nnc(CO)o3)oc2cc1Cl. The molecule has 0 unspecified atom stereocenters. The first-order valence-corrected chi connectivity index (χ1v) is 5.80. The first-order valence-electron chi connectivity index (χ1n) is 5.42. The van der Waals surface area contributed by atoms with Crippen LogP contribution in [0.4, 0.5) is 12.0 Å². The lowest BCUT2D eigenvalue weighted by Crippen LogP contribution is -1.89. The summed E-state index contributed by atoms with van der Waals surface area (Å²) < 4.78 is 10.5. The normalized spacial score (nSPS) is 11.1. The molecule has 3 aromatic rings. The number of aliphatic hydroxyl groups excluding tert-OH is 1. The minimum Gasteiger partial charge on any atom is -0.423 e. The van der Waals surface area contributed by atoms with Gasteiger partial charge in [-0.1, -0.05) is 16.7 Å². The molecule has 0 spiro atoms. The van der Waals surface area contributed by atoms with Crippen LogP contribution in [0, 0.1) is 6.92 Å². The second-order valence-corrected chi connectivity index (χ2v) is 4.28. The van der Waals surface area contributed by atoms with Gasteiger partial charge in [-0.2, -0.15) is 4.98 Å². The van der Waals surface area contributed by atoms with E-state index in [1.54, 1.807) is 6.07 Å². The van der Waals surface area contributed by atoms with Gasteiger partial charge in [0, 0.05) is 11.1 Å². The van der Waals surface area contributed by atoms with Gasteiger partial charge >= 0.3 is 12.0 Å². The third kappa shape index (κ3) is 2.25. The number of aliphatic hydroxyl groups is 1. The quantitative estimate of drug-likeness (QED) is 0.760. The Labute approximate surface area is 112 Å². The molecule has 0 atom stereocenters. The third-order valence-corrected chi connectivity index (χ3v) is 2.89. The van der Waals surface area contributed by atoms with E-state index in [2.05, 4.69) is 20.5 Å². The summed E-state index contributed by atoms with van der Waals surface area (Å²) in [5.41, 5.74) is 2.14. The molecule has 3 rings (SSSR count). The summed E-state index contributed by atoms with van der Waals surface area (Å²) in [5, 5.41) is 19.4. The molecule has 0 radical (unpaired) electrons. The van der Waals surface area contributed by atoms with Crippen LogP contribution in [0.5, 0.6) is 0 Å². The summed E-state index contributed by atoms with van der Waals surface area (Å²) in [6.45, 7) is 1.56. The van der Waals surface area contributed by atoms with Crippen LogP contribution < -0.4 is 5.32 Å². The Morgan fingerprint density at radius 1 is 1.26 bits per heavy atom. The number of hydrogen-bond acceptors (Lipinski definition) is 7. The van der Waals surface area contributed by atoms with Crippen molar-refractivity contribution in [3.63, 3.8) is 0 Å². The van der Waals surface area contributed by atoms with Crippen molar-refractivity contribution in [3.05, 3.63) is 28.6 Å². The van der Waals surface area contributed by atoms with E-state index in [4.69, 9.17) is 25.5 Å². The van der Waals surface area contributed by atoms with Crippen LogP contribution in [0.25, 0.3) is 11.1 Å². The van der Waals surface area contributed by atoms with Gasteiger partial charge in [-0.3, -0.25) is 5.32 Å². The van der Waals surface area contributed by atoms with Crippen molar-refractivity contribution in [3.8, 4) is 0 Å². The van der Waals surface area contributed by atoms with Gasteiger partial charge in [0.25, 0.3) is 0 Å². The van der Waals surface area contributed by atoms with Crippen molar-refractivity contribution >= 4 is 34.7 Å². The Kier molecular flexibility index (Phi) is 2.84. The molecule has 0 saturated heterocycles. The molecule has 0 aliphatic heterocycles. The van der Waals surface area contributed by atoms with Gasteiger partial charge in [0.2, 0.25) is 5.89 Å². The second kappa shape index (κ2) is 4.52. The Hall–Kier alpha value is -2.12. The van der Waals surface area contributed by atoms with Crippen LogP contribution in [0.1, 0.15) is 11.5 Å². The minimum absolute atomic E-state index is 0.0958. The topological polar surface area (TPSA) is 97.2 Å². The summed E-state index contributed by atoms with van der Waals surface area (Å²) in [5.74, 6) is 0.109. The molecule has 0 aliphatic carbocycles. The molecule has 19 heavy (non-hydrogen) atoms. The maximum Gasteiger partial charge on any atom is 0.323 e. The lowest BCUT2D eigenvalue weighted by molar-refractivity contribution is 0.241. The average molecular weight is 281 g/mol. The zero-order valence-corrected chi connectivity index (χ0v) is 10.6. The van der Waals surface area contributed by atoms with Gasteiger partial charge in [-0.25, -0.2) is 0 Å². The molecule has 1 aromatic carbocycles. The van der Waals surface area contributed by atoms with E-state index in [1.165, 1.54) is 0 Å². The predicted molar refractivity (Wildman–Crippen MR) is 67.3 cm³/mol. The zero-order valence-electron chi connectivity index (χ0n) is 9.85. The molecule has 8 heteroatoms. The fourth-order valence-corrected chi connectivity index (χ4v) is 1.72. The van der Waals surface area contributed by atoms with Crippen LogP contribution in [0.15, 0.2) is 21.0 Å². The lowest BCUT2D eigenvalue weighted by Gasteiger charge is -1.93. The van der Waals surface area contributed by atoms with Crippen LogP contribution >= 0.6 is 11.6 Å². The van der Waals surface area contributed by atoms with E-state index in [1.807, 2.05) is 13.0 Å². The molecule has 0 aliphatic rings. The van der Waals surface area contributed by atoms with Crippen LogP contribution in [0.2, 0.25) is 5.02 Å². The molecular weight excluding hydrogens is 272 g/mol. The van der Waals surface area contributed by atoms with Crippen LogP contribution in [-0.4, -0.2) is 20.3 Å². The van der Waals surface area contributed by atoms with Gasteiger partial charge in [-0.15, -0.1) is 5.10 Å². The number of rotatable bonds is 3. The minimum atomic E-state index is -0.322. The number of fused-ring (bicyclic) bond motifs is 1. The number of oxazole rings is 1. The van der Waals surface area contributed by atoms with E-state index in [0.717, 1.165) is 5.56 Å². The summed E-state index contributed by atoms with van der Waals surface area (Å²) in [7, 11) is 0. The second-order valence-electron chi connectivity index (χ2n) is 3.87. The van der Waals surface area contributed by atoms with Crippen molar-refractivity contribution in [2.75, 3.05) is 5.32 Å². The number of aryl methyl sites for hydroxylation is 1. The molecular formula is C11H9ClN4O3. The molecule has 0 bridgehead atoms. The summed E-state index contributed by atoms with van der Waals surface area (Å²) in [6.07, 6.45) is 0. The molecule has 0 fully saturated rings. The highest BCUT2D eigenvalue weighted by molar-refractivity contribution is 6.32. The first-order chi connectivity index (χ1) is 9.15. The number of hydrogen-bond donors (Lipinski definition) is 2. The van der Waals surface area contributed by atoms with Crippen molar-refractivity contribution in [1.29, 1.82) is 0 Å². The van der Waals surface area contributed by atoms with E-state index < -0.39 is 0 Å². The monoisotopic (exact) mass is 280 g/mol. The van der Waals surface area contributed by atoms with E-state index in [9.17, 15) is 0 Å². The van der Waals surface area contributed by atoms with Crippen LogP contribution in [0.3, 0.4) is 0 Å². The number of nitrogens with one attached hydrogen (secondary N) is 1. The van der Waals surface area contributed by atoms with E-state index >= 15 is 0 Å². The van der Waals surface area contributed by atoms with Crippen molar-refractivity contribution < 1.29 is 13.9 Å². The zero-order chi connectivity index (χ0) is 13.4. The van der Waals surface area contributed by atoms with E-state index in [0.29, 0.717) is 16.1 Å². The van der Waals surface area contributed by atoms with Crippen LogP contribution in [-0.2, 0) is 6.61 Å². The average Bonchev–Trinajstić information content (AvgIpc) is 2.97. The third-order valence-electron chi connectivity index (χ3n) is 2.48. The predicted octanol–water partition coefficient (Wildman–Crippen LogP) is 2.41. The number of aromatic nitrogens is 3. The standard InChI is InChI=1S/C11H9ClN4O3/c1-5-2-7-8(3-6(5)12)18-10(13-7)14-11-16-15-9(4-17)19-11/h2-3,17H,4H2,1H3,(H,13,14,16). The Balaban J connectivity index is 1.92. The van der Waals surface area contributed by atoms with Gasteiger partial charge in [-0.05, 0) is 18.6 Å². The molecule has 2 aromatic heterocycles. The summed E-state index contributed by atoms with van der Waals surface area (Å²) >= 11 is 6.00. The Morgan fingerprint density at radius 3 is 2.84 bits per heavy atom. The van der Waals surface area contributed by atoms with E-state index in [-0.39, 0.29) is 24.5 Å². The smallest absolute Gasteiger partial charge is 0.323 e. The number of anilines is 2. The number of nitrogens with zero attached hydrogens (tertiary/aromatic N) is 3. The fraction of sp³-hybridized carbons (Fsp3) is 0.182. The number of halogens is 1. The number of benzene rings is 1. The van der Waals surface area contributed by atoms with Crippen molar-refractivity contribution in [2.24, 2.45) is 0 Å². The lowest BCUT2D eigenvalue weighted by atomic mass is 10.2. The maximum atomic E-state index is 8.81. The highest BCUT2D eigenvalue weighted by atomic mass is 35.5. The van der Waals surface area contributed by atoms with Gasteiger partial charge in [0.1, 0.15) is 12.1 Å².